The minimum absolute atomic E-state index is 0.0256. The summed E-state index contributed by atoms with van der Waals surface area (Å²) in [5, 5.41) is 0. The molecule has 1 aromatic rings. The molecule has 1 aromatic carbocycles. The number of ether oxygens (including phenoxy) is 3. The van der Waals surface area contributed by atoms with E-state index in [4.69, 9.17) is 14.2 Å². The number of hydrogen-bond donors (Lipinski definition) is 0. The Hall–Kier alpha value is -1.16. The lowest BCUT2D eigenvalue weighted by Crippen LogP contribution is -2.26. The zero-order chi connectivity index (χ0) is 15.1. The number of benzene rings is 1. The van der Waals surface area contributed by atoms with Crippen molar-refractivity contribution in [1.29, 1.82) is 0 Å². The minimum Gasteiger partial charge on any atom is -0.374 e. The second-order valence-electron chi connectivity index (χ2n) is 5.86. The van der Waals surface area contributed by atoms with Crippen molar-refractivity contribution in [1.82, 2.24) is 0 Å². The molecular weight excluding hydrogens is 264 g/mol. The van der Waals surface area contributed by atoms with Gasteiger partial charge in [-0.2, -0.15) is 0 Å². The number of hydrogen-bond acceptors (Lipinski definition) is 3. The zero-order valence-corrected chi connectivity index (χ0v) is 13.2. The van der Waals surface area contributed by atoms with Crippen molar-refractivity contribution in [3.63, 3.8) is 0 Å². The van der Waals surface area contributed by atoms with E-state index in [1.54, 1.807) is 0 Å². The highest BCUT2D eigenvalue weighted by atomic mass is 16.8. The third-order valence-electron chi connectivity index (χ3n) is 3.40. The predicted octanol–water partition coefficient (Wildman–Crippen LogP) is 4.08. The maximum atomic E-state index is 5.93. The molecule has 1 saturated heterocycles. The van der Waals surface area contributed by atoms with E-state index < -0.39 is 5.79 Å². The van der Waals surface area contributed by atoms with Crippen LogP contribution in [0.25, 0.3) is 0 Å². The van der Waals surface area contributed by atoms with Crippen molar-refractivity contribution in [2.75, 3.05) is 6.61 Å². The maximum absolute atomic E-state index is 5.93. The second-order valence-corrected chi connectivity index (χ2v) is 5.86. The van der Waals surface area contributed by atoms with Crippen LogP contribution in [-0.4, -0.2) is 24.6 Å². The fraction of sp³-hybridized carbons (Fsp3) is 0.556. The van der Waals surface area contributed by atoms with E-state index in [2.05, 4.69) is 31.2 Å². The molecular formula is C18H26O3. The SMILES string of the molecule is CCC/C=C/[C@@H]1OC(C)(C)O[C@H]1COCc1ccccc1. The highest BCUT2D eigenvalue weighted by molar-refractivity contribution is 5.13. The van der Waals surface area contributed by atoms with Crippen molar-refractivity contribution >= 4 is 0 Å². The van der Waals surface area contributed by atoms with E-state index in [1.165, 1.54) is 5.56 Å². The van der Waals surface area contributed by atoms with Crippen LogP contribution in [0.4, 0.5) is 0 Å². The molecule has 1 heterocycles. The Balaban J connectivity index is 1.84. The smallest absolute Gasteiger partial charge is 0.164 e. The lowest BCUT2D eigenvalue weighted by Gasteiger charge is -2.16. The highest BCUT2D eigenvalue weighted by Gasteiger charge is 2.39. The Morgan fingerprint density at radius 3 is 2.67 bits per heavy atom. The largest absolute Gasteiger partial charge is 0.374 e. The molecule has 2 atom stereocenters. The monoisotopic (exact) mass is 290 g/mol. The minimum atomic E-state index is -0.540. The first-order valence-electron chi connectivity index (χ1n) is 7.74. The summed E-state index contributed by atoms with van der Waals surface area (Å²) < 4.78 is 17.6. The van der Waals surface area contributed by atoms with Gasteiger partial charge >= 0.3 is 0 Å². The average molecular weight is 290 g/mol. The fourth-order valence-electron chi connectivity index (χ4n) is 2.42. The van der Waals surface area contributed by atoms with E-state index in [1.807, 2.05) is 32.0 Å². The van der Waals surface area contributed by atoms with Gasteiger partial charge in [0.1, 0.15) is 12.2 Å². The van der Waals surface area contributed by atoms with Crippen LogP contribution in [0.2, 0.25) is 0 Å². The molecule has 3 heteroatoms. The summed E-state index contributed by atoms with van der Waals surface area (Å²) in [6, 6.07) is 10.2. The number of unbranched alkanes of at least 4 members (excludes halogenated alkanes) is 1. The summed E-state index contributed by atoms with van der Waals surface area (Å²) in [5.41, 5.74) is 1.17. The summed E-state index contributed by atoms with van der Waals surface area (Å²) in [6.45, 7) is 7.21. The van der Waals surface area contributed by atoms with E-state index in [9.17, 15) is 0 Å². The van der Waals surface area contributed by atoms with E-state index in [-0.39, 0.29) is 12.2 Å². The molecule has 0 radical (unpaired) electrons. The van der Waals surface area contributed by atoms with E-state index in [0.717, 1.165) is 12.8 Å². The Bertz CT molecular complexity index is 439. The summed E-state index contributed by atoms with van der Waals surface area (Å²) in [5.74, 6) is -0.540. The van der Waals surface area contributed by atoms with Crippen LogP contribution in [0.15, 0.2) is 42.5 Å². The first kappa shape index (κ1) is 16.2. The van der Waals surface area contributed by atoms with Crippen molar-refractivity contribution in [2.24, 2.45) is 0 Å². The van der Waals surface area contributed by atoms with Gasteiger partial charge < -0.3 is 14.2 Å². The molecule has 1 fully saturated rings. The van der Waals surface area contributed by atoms with Crippen molar-refractivity contribution < 1.29 is 14.2 Å². The normalized spacial score (nSPS) is 24.7. The fourth-order valence-corrected chi connectivity index (χ4v) is 2.42. The van der Waals surface area contributed by atoms with E-state index in [0.29, 0.717) is 13.2 Å². The predicted molar refractivity (Wildman–Crippen MR) is 84.0 cm³/mol. The van der Waals surface area contributed by atoms with Crippen LogP contribution in [0.3, 0.4) is 0 Å². The van der Waals surface area contributed by atoms with Gasteiger partial charge in [0.2, 0.25) is 0 Å². The van der Waals surface area contributed by atoms with Gasteiger partial charge in [0.15, 0.2) is 5.79 Å². The Morgan fingerprint density at radius 1 is 1.19 bits per heavy atom. The van der Waals surface area contributed by atoms with Gasteiger partial charge in [0, 0.05) is 0 Å². The summed E-state index contributed by atoms with van der Waals surface area (Å²) in [6.07, 6.45) is 6.41. The molecule has 21 heavy (non-hydrogen) atoms. The van der Waals surface area contributed by atoms with Crippen LogP contribution in [0.5, 0.6) is 0 Å². The Kier molecular flexibility index (Phi) is 5.97. The van der Waals surface area contributed by atoms with E-state index >= 15 is 0 Å². The van der Waals surface area contributed by atoms with Gasteiger partial charge in [-0.15, -0.1) is 0 Å². The molecule has 116 valence electrons. The van der Waals surface area contributed by atoms with Gasteiger partial charge in [-0.25, -0.2) is 0 Å². The third-order valence-corrected chi connectivity index (χ3v) is 3.40. The number of allylic oxidation sites excluding steroid dienone is 1. The first-order valence-corrected chi connectivity index (χ1v) is 7.74. The van der Waals surface area contributed by atoms with Crippen molar-refractivity contribution in [3.05, 3.63) is 48.0 Å². The lowest BCUT2D eigenvalue weighted by atomic mass is 10.2. The Labute approximate surface area is 127 Å². The lowest BCUT2D eigenvalue weighted by molar-refractivity contribution is -0.148. The molecule has 1 aliphatic rings. The van der Waals surface area contributed by atoms with Crippen molar-refractivity contribution in [2.45, 2.75) is 58.2 Å². The molecule has 1 aliphatic heterocycles. The molecule has 0 aromatic heterocycles. The average Bonchev–Trinajstić information content (AvgIpc) is 2.75. The molecule has 2 rings (SSSR count). The van der Waals surface area contributed by atoms with Crippen LogP contribution in [0.1, 0.15) is 39.2 Å². The summed E-state index contributed by atoms with van der Waals surface area (Å²) >= 11 is 0. The summed E-state index contributed by atoms with van der Waals surface area (Å²) in [7, 11) is 0. The quantitative estimate of drug-likeness (QED) is 0.708. The molecule has 3 nitrogen and oxygen atoms in total. The molecule has 0 saturated carbocycles. The van der Waals surface area contributed by atoms with Crippen molar-refractivity contribution in [3.8, 4) is 0 Å². The topological polar surface area (TPSA) is 27.7 Å². The standard InChI is InChI=1S/C18H26O3/c1-4-5-7-12-16-17(21-18(2,3)20-16)14-19-13-15-10-8-6-9-11-15/h6-12,16-17H,4-5,13-14H2,1-3H3/b12-7+/t16-,17-/m0/s1. The molecule has 0 spiro atoms. The second kappa shape index (κ2) is 7.74. The van der Waals surface area contributed by atoms with Crippen LogP contribution in [0, 0.1) is 0 Å². The van der Waals surface area contributed by atoms with Gasteiger partial charge in [-0.3, -0.25) is 0 Å². The molecule has 0 unspecified atom stereocenters. The molecule has 0 N–H and O–H groups in total. The highest BCUT2D eigenvalue weighted by Crippen LogP contribution is 2.29. The molecule has 0 bridgehead atoms. The van der Waals surface area contributed by atoms with Gasteiger partial charge in [-0.1, -0.05) is 55.8 Å². The molecule has 0 aliphatic carbocycles. The van der Waals surface area contributed by atoms with Gasteiger partial charge in [0.05, 0.1) is 13.2 Å². The van der Waals surface area contributed by atoms with Gasteiger partial charge in [0.25, 0.3) is 0 Å². The number of rotatable bonds is 7. The third kappa shape index (κ3) is 5.27. The van der Waals surface area contributed by atoms with Crippen LogP contribution >= 0.6 is 0 Å². The summed E-state index contributed by atoms with van der Waals surface area (Å²) in [4.78, 5) is 0. The maximum Gasteiger partial charge on any atom is 0.164 e. The molecule has 0 amide bonds. The van der Waals surface area contributed by atoms with Crippen LogP contribution in [-0.2, 0) is 20.8 Å². The first-order chi connectivity index (χ1) is 10.1. The zero-order valence-electron chi connectivity index (χ0n) is 13.2. The van der Waals surface area contributed by atoms with Crippen LogP contribution < -0.4 is 0 Å². The van der Waals surface area contributed by atoms with Gasteiger partial charge in [-0.05, 0) is 25.8 Å². The Morgan fingerprint density at radius 2 is 1.95 bits per heavy atom.